The lowest BCUT2D eigenvalue weighted by molar-refractivity contribution is 0.101. The number of piperazine rings is 1. The van der Waals surface area contributed by atoms with Crippen molar-refractivity contribution in [3.05, 3.63) is 70.0 Å². The first-order chi connectivity index (χ1) is 20.4. The summed E-state index contributed by atoms with van der Waals surface area (Å²) in [7, 11) is 4.60. The fraction of sp³-hybridized carbons (Fsp3) is 0.344. The molecular weight excluding hydrogens is 540 g/mol. The summed E-state index contributed by atoms with van der Waals surface area (Å²) >= 11 is 0. The number of ether oxygens (including phenoxy) is 6. The monoisotopic (exact) mass is 574 g/mol. The molecule has 0 unspecified atom stereocenters. The third-order valence-electron chi connectivity index (χ3n) is 7.93. The number of carbonyl (C=O) groups is 1. The molecule has 1 N–H and O–H groups in total. The van der Waals surface area contributed by atoms with Crippen LogP contribution in [0, 0.1) is 6.92 Å². The second-order valence-electron chi connectivity index (χ2n) is 10.5. The van der Waals surface area contributed by atoms with E-state index in [0.717, 1.165) is 44.2 Å². The van der Waals surface area contributed by atoms with Gasteiger partial charge in [0.15, 0.2) is 28.8 Å². The molecule has 6 rings (SSSR count). The maximum atomic E-state index is 13.5. The summed E-state index contributed by atoms with van der Waals surface area (Å²) in [6.07, 6.45) is 1.64. The first kappa shape index (κ1) is 27.7. The number of Topliss-reactive ketones (excluding diaryl/α,β-unsaturated/α-hetero) is 1. The second kappa shape index (κ2) is 11.5. The Hall–Kier alpha value is -4.41. The molecule has 1 fully saturated rings. The molecule has 0 bridgehead atoms. The Morgan fingerprint density at radius 3 is 2.31 bits per heavy atom. The minimum Gasteiger partial charge on any atom is -0.507 e. The van der Waals surface area contributed by atoms with Crippen LogP contribution >= 0.6 is 0 Å². The predicted molar refractivity (Wildman–Crippen MR) is 155 cm³/mol. The molecule has 0 radical (unpaired) electrons. The van der Waals surface area contributed by atoms with Crippen molar-refractivity contribution in [3.63, 3.8) is 0 Å². The van der Waals surface area contributed by atoms with Gasteiger partial charge in [-0.05, 0) is 54.5 Å². The lowest BCUT2D eigenvalue weighted by Crippen LogP contribution is -2.45. The van der Waals surface area contributed by atoms with Gasteiger partial charge in [-0.2, -0.15) is 0 Å². The van der Waals surface area contributed by atoms with Gasteiger partial charge in [-0.1, -0.05) is 6.07 Å². The summed E-state index contributed by atoms with van der Waals surface area (Å²) in [5, 5.41) is 11.0. The fourth-order valence-corrected chi connectivity index (χ4v) is 5.74. The van der Waals surface area contributed by atoms with E-state index in [9.17, 15) is 9.90 Å². The summed E-state index contributed by atoms with van der Waals surface area (Å²) in [5.74, 6) is 3.38. The van der Waals surface area contributed by atoms with Gasteiger partial charge in [0.2, 0.25) is 18.3 Å². The molecule has 1 saturated heterocycles. The summed E-state index contributed by atoms with van der Waals surface area (Å²) in [5.41, 5.74) is 3.52. The molecular formula is C32H34N2O8. The number of fused-ring (bicyclic) bond motifs is 2. The average Bonchev–Trinajstić information content (AvgIpc) is 3.59. The zero-order chi connectivity index (χ0) is 29.4. The summed E-state index contributed by atoms with van der Waals surface area (Å²) in [6, 6.07) is 11.2. The standard InChI is InChI=1S/C32H34N2O8/c1-19-13-23(35)22(17-34-11-9-33(10-12-34)16-20-5-7-24-26(14-20)41-18-40-24)31-28(19)29(36)27(42-31)15-21-6-8-25(37-2)32(39-4)30(21)38-3/h5-8,13-15,35H,9-12,16-18H2,1-4H3. The Morgan fingerprint density at radius 1 is 0.881 bits per heavy atom. The van der Waals surface area contributed by atoms with Crippen molar-refractivity contribution in [3.8, 4) is 40.2 Å². The van der Waals surface area contributed by atoms with Crippen LogP contribution in [0.3, 0.4) is 0 Å². The number of ketones is 1. The molecule has 0 aromatic heterocycles. The van der Waals surface area contributed by atoms with Crippen LogP contribution in [0.4, 0.5) is 0 Å². The highest BCUT2D eigenvalue weighted by Crippen LogP contribution is 2.45. The van der Waals surface area contributed by atoms with Gasteiger partial charge in [-0.3, -0.25) is 14.6 Å². The molecule has 3 aliphatic heterocycles. The number of methoxy groups -OCH3 is 3. The number of phenolic OH excluding ortho intramolecular Hbond substituents is 1. The SMILES string of the molecule is COc1ccc(C=C2Oc3c(CN4CCN(Cc5ccc6c(c5)OCO6)CC4)c(O)cc(C)c3C2=O)c(OC)c1OC. The van der Waals surface area contributed by atoms with E-state index in [4.69, 9.17) is 28.4 Å². The Balaban J connectivity index is 1.19. The molecule has 0 spiro atoms. The van der Waals surface area contributed by atoms with Gasteiger partial charge in [0.1, 0.15) is 11.5 Å². The fourth-order valence-electron chi connectivity index (χ4n) is 5.74. The quantitative estimate of drug-likeness (QED) is 0.390. The number of rotatable bonds is 8. The zero-order valence-corrected chi connectivity index (χ0v) is 24.2. The van der Waals surface area contributed by atoms with Crippen molar-refractivity contribution in [1.29, 1.82) is 0 Å². The van der Waals surface area contributed by atoms with Gasteiger partial charge in [0.05, 0.1) is 32.5 Å². The number of carbonyl (C=O) groups excluding carboxylic acids is 1. The van der Waals surface area contributed by atoms with Gasteiger partial charge in [0, 0.05) is 44.8 Å². The third-order valence-corrected chi connectivity index (χ3v) is 7.93. The molecule has 3 aromatic rings. The molecule has 3 aliphatic rings. The largest absolute Gasteiger partial charge is 0.507 e. The van der Waals surface area contributed by atoms with Crippen molar-refractivity contribution >= 4 is 11.9 Å². The van der Waals surface area contributed by atoms with Crippen molar-refractivity contribution < 1.29 is 38.3 Å². The molecule has 3 aromatic carbocycles. The van der Waals surface area contributed by atoms with Crippen molar-refractivity contribution in [2.75, 3.05) is 54.3 Å². The summed E-state index contributed by atoms with van der Waals surface area (Å²) in [4.78, 5) is 18.2. The number of hydrogen-bond acceptors (Lipinski definition) is 10. The van der Waals surface area contributed by atoms with Gasteiger partial charge in [-0.15, -0.1) is 0 Å². The lowest BCUT2D eigenvalue weighted by atomic mass is 9.99. The molecule has 220 valence electrons. The number of allylic oxidation sites excluding steroid dienone is 1. The molecule has 0 saturated carbocycles. The Kier molecular flexibility index (Phi) is 7.57. The molecule has 0 aliphatic carbocycles. The number of nitrogens with zero attached hydrogens (tertiary/aromatic N) is 2. The van der Waals surface area contributed by atoms with Gasteiger partial charge in [-0.25, -0.2) is 0 Å². The molecule has 42 heavy (non-hydrogen) atoms. The Bertz CT molecular complexity index is 1560. The van der Waals surface area contributed by atoms with Gasteiger partial charge in [0.25, 0.3) is 0 Å². The van der Waals surface area contributed by atoms with E-state index >= 15 is 0 Å². The minimum atomic E-state index is -0.242. The molecule has 3 heterocycles. The van der Waals surface area contributed by atoms with Crippen LogP contribution in [0.15, 0.2) is 42.2 Å². The predicted octanol–water partition coefficient (Wildman–Crippen LogP) is 4.39. The van der Waals surface area contributed by atoms with Crippen LogP contribution in [0.25, 0.3) is 6.08 Å². The number of aromatic hydroxyl groups is 1. The van der Waals surface area contributed by atoms with E-state index in [1.807, 2.05) is 12.1 Å². The number of aryl methyl sites for hydroxylation is 1. The van der Waals surface area contributed by atoms with Crippen molar-refractivity contribution in [1.82, 2.24) is 9.80 Å². The maximum absolute atomic E-state index is 13.5. The van der Waals surface area contributed by atoms with Crippen LogP contribution < -0.4 is 28.4 Å². The average molecular weight is 575 g/mol. The Labute approximate surface area is 244 Å². The minimum absolute atomic E-state index is 0.117. The lowest BCUT2D eigenvalue weighted by Gasteiger charge is -2.35. The summed E-state index contributed by atoms with van der Waals surface area (Å²) < 4.78 is 33.6. The highest BCUT2D eigenvalue weighted by molar-refractivity contribution is 6.16. The topological polar surface area (TPSA) is 99.2 Å². The first-order valence-electron chi connectivity index (χ1n) is 13.8. The normalized spacial score (nSPS) is 17.3. The zero-order valence-electron chi connectivity index (χ0n) is 24.2. The van der Waals surface area contributed by atoms with E-state index in [1.54, 1.807) is 38.3 Å². The smallest absolute Gasteiger partial charge is 0.232 e. The number of benzene rings is 3. The van der Waals surface area contributed by atoms with Crippen LogP contribution in [0.1, 0.15) is 32.6 Å². The molecule has 10 nitrogen and oxygen atoms in total. The van der Waals surface area contributed by atoms with Crippen LogP contribution in [0.5, 0.6) is 40.2 Å². The highest BCUT2D eigenvalue weighted by atomic mass is 16.7. The maximum Gasteiger partial charge on any atom is 0.232 e. The molecule has 10 heteroatoms. The van der Waals surface area contributed by atoms with E-state index in [-0.39, 0.29) is 24.1 Å². The third kappa shape index (κ3) is 5.08. The van der Waals surface area contributed by atoms with E-state index < -0.39 is 0 Å². The van der Waals surface area contributed by atoms with Crippen LogP contribution in [-0.4, -0.2) is 75.0 Å². The molecule has 0 atom stereocenters. The van der Waals surface area contributed by atoms with E-state index in [1.165, 1.54) is 19.8 Å². The highest BCUT2D eigenvalue weighted by Gasteiger charge is 2.34. The first-order valence-corrected chi connectivity index (χ1v) is 13.8. The van der Waals surface area contributed by atoms with E-state index in [0.29, 0.717) is 51.8 Å². The van der Waals surface area contributed by atoms with E-state index in [2.05, 4.69) is 15.9 Å². The summed E-state index contributed by atoms with van der Waals surface area (Å²) in [6.45, 7) is 6.72. The van der Waals surface area contributed by atoms with Crippen molar-refractivity contribution in [2.24, 2.45) is 0 Å². The number of phenols is 1. The van der Waals surface area contributed by atoms with Crippen molar-refractivity contribution in [2.45, 2.75) is 20.0 Å². The number of hydrogen-bond donors (Lipinski definition) is 1. The van der Waals surface area contributed by atoms with Gasteiger partial charge >= 0.3 is 0 Å². The van der Waals surface area contributed by atoms with Gasteiger partial charge < -0.3 is 33.5 Å². The molecule has 0 amide bonds. The van der Waals surface area contributed by atoms with Crippen LogP contribution in [0.2, 0.25) is 0 Å². The second-order valence-corrected chi connectivity index (χ2v) is 10.5. The van der Waals surface area contributed by atoms with Crippen LogP contribution in [-0.2, 0) is 13.1 Å². The Morgan fingerprint density at radius 2 is 1.60 bits per heavy atom.